The molecule has 0 aromatic heterocycles. The molecule has 0 unspecified atom stereocenters. The lowest BCUT2D eigenvalue weighted by atomic mass is 9.89. The summed E-state index contributed by atoms with van der Waals surface area (Å²) in [5.74, 6) is 2.68. The predicted octanol–water partition coefficient (Wildman–Crippen LogP) is 3.24. The van der Waals surface area contributed by atoms with Crippen LogP contribution < -0.4 is 0 Å². The zero-order valence-electron chi connectivity index (χ0n) is 7.85. The van der Waals surface area contributed by atoms with Crippen LogP contribution in [-0.4, -0.2) is 0 Å². The van der Waals surface area contributed by atoms with Crippen LogP contribution in [0.5, 0.6) is 0 Å². The van der Waals surface area contributed by atoms with Gasteiger partial charge in [-0.1, -0.05) is 32.9 Å². The van der Waals surface area contributed by atoms with Crippen LogP contribution in [0, 0.1) is 23.2 Å². The van der Waals surface area contributed by atoms with E-state index in [-0.39, 0.29) is 0 Å². The Morgan fingerprint density at radius 2 is 2.18 bits per heavy atom. The molecule has 0 N–H and O–H groups in total. The number of hydrogen-bond donors (Lipinski definition) is 0. The van der Waals surface area contributed by atoms with Crippen LogP contribution in [0.25, 0.3) is 0 Å². The molecule has 0 aromatic carbocycles. The lowest BCUT2D eigenvalue weighted by Gasteiger charge is -2.15. The maximum Gasteiger partial charge on any atom is -0.0200 e. The quantitative estimate of drug-likeness (QED) is 0.503. The van der Waals surface area contributed by atoms with Gasteiger partial charge in [0.05, 0.1) is 0 Å². The van der Waals surface area contributed by atoms with E-state index < -0.39 is 0 Å². The average molecular weight is 150 g/mol. The van der Waals surface area contributed by atoms with Gasteiger partial charge in [0.15, 0.2) is 0 Å². The molecule has 0 aliphatic heterocycles. The number of allylic oxidation sites excluding steroid dienone is 1. The van der Waals surface area contributed by atoms with Crippen molar-refractivity contribution in [2.45, 2.75) is 33.6 Å². The molecule has 3 atom stereocenters. The van der Waals surface area contributed by atoms with E-state index in [4.69, 9.17) is 0 Å². The van der Waals surface area contributed by atoms with E-state index in [0.29, 0.717) is 5.41 Å². The summed E-state index contributed by atoms with van der Waals surface area (Å²) in [5.41, 5.74) is 2.21. The third kappa shape index (κ3) is 0.758. The molecule has 0 heterocycles. The van der Waals surface area contributed by atoms with Crippen LogP contribution in [0.2, 0.25) is 0 Å². The normalized spacial score (nSPS) is 48.2. The van der Waals surface area contributed by atoms with Crippen molar-refractivity contribution in [3.05, 3.63) is 12.2 Å². The second kappa shape index (κ2) is 1.91. The van der Waals surface area contributed by atoms with Gasteiger partial charge >= 0.3 is 0 Å². The van der Waals surface area contributed by atoms with Gasteiger partial charge < -0.3 is 0 Å². The zero-order chi connectivity index (χ0) is 8.22. The average Bonchev–Trinajstić information content (AvgIpc) is 2.57. The molecule has 2 aliphatic rings. The Bertz CT molecular complexity index is 202. The minimum absolute atomic E-state index is 0.705. The van der Waals surface area contributed by atoms with Gasteiger partial charge in [-0.15, -0.1) is 0 Å². The summed E-state index contributed by atoms with van der Waals surface area (Å²) in [7, 11) is 0. The van der Waals surface area contributed by atoms with Crippen LogP contribution in [0.3, 0.4) is 0 Å². The van der Waals surface area contributed by atoms with Crippen molar-refractivity contribution < 1.29 is 0 Å². The summed E-state index contributed by atoms with van der Waals surface area (Å²) in [4.78, 5) is 0. The van der Waals surface area contributed by atoms with Crippen molar-refractivity contribution in [3.63, 3.8) is 0 Å². The van der Waals surface area contributed by atoms with Gasteiger partial charge in [-0.3, -0.25) is 0 Å². The fourth-order valence-electron chi connectivity index (χ4n) is 2.96. The third-order valence-electron chi connectivity index (χ3n) is 4.13. The van der Waals surface area contributed by atoms with Gasteiger partial charge in [-0.25, -0.2) is 0 Å². The summed E-state index contributed by atoms with van der Waals surface area (Å²) >= 11 is 0. The van der Waals surface area contributed by atoms with Gasteiger partial charge in [0, 0.05) is 0 Å². The van der Waals surface area contributed by atoms with E-state index in [2.05, 4.69) is 27.4 Å². The standard InChI is InChI=1S/C11H18/c1-7(2)11-5-8(3)9(4)10(11)6-11/h7,9-10H,3,5-6H2,1-2,4H3/t9-,10-,11-/m1/s1. The summed E-state index contributed by atoms with van der Waals surface area (Å²) < 4.78 is 0. The largest absolute Gasteiger partial charge is 0.0996 e. The van der Waals surface area contributed by atoms with Crippen molar-refractivity contribution in [2.75, 3.05) is 0 Å². The third-order valence-corrected chi connectivity index (χ3v) is 4.13. The molecule has 0 radical (unpaired) electrons. The molecule has 0 aromatic rings. The highest BCUT2D eigenvalue weighted by Crippen LogP contribution is 2.70. The van der Waals surface area contributed by atoms with Crippen molar-refractivity contribution in [3.8, 4) is 0 Å². The smallest absolute Gasteiger partial charge is 0.0200 e. The first-order chi connectivity index (χ1) is 5.08. The van der Waals surface area contributed by atoms with Crippen molar-refractivity contribution in [1.29, 1.82) is 0 Å². The minimum Gasteiger partial charge on any atom is -0.0996 e. The van der Waals surface area contributed by atoms with E-state index in [9.17, 15) is 0 Å². The molecule has 11 heavy (non-hydrogen) atoms. The molecule has 0 amide bonds. The van der Waals surface area contributed by atoms with Gasteiger partial charge in [0.1, 0.15) is 0 Å². The second-order valence-corrected chi connectivity index (χ2v) is 4.82. The first-order valence-electron chi connectivity index (χ1n) is 4.75. The van der Waals surface area contributed by atoms with Crippen LogP contribution in [-0.2, 0) is 0 Å². The molecule has 0 saturated heterocycles. The summed E-state index contributed by atoms with van der Waals surface area (Å²) in [6, 6.07) is 0. The van der Waals surface area contributed by atoms with Crippen LogP contribution in [0.1, 0.15) is 33.6 Å². The minimum atomic E-state index is 0.705. The van der Waals surface area contributed by atoms with E-state index in [0.717, 1.165) is 17.8 Å². The highest BCUT2D eigenvalue weighted by molar-refractivity contribution is 5.25. The highest BCUT2D eigenvalue weighted by atomic mass is 14.7. The van der Waals surface area contributed by atoms with Gasteiger partial charge in [0.2, 0.25) is 0 Å². The Balaban J connectivity index is 2.20. The highest BCUT2D eigenvalue weighted by Gasteiger charge is 2.62. The Labute approximate surface area is 69.7 Å². The number of fused-ring (bicyclic) bond motifs is 1. The van der Waals surface area contributed by atoms with Crippen molar-refractivity contribution >= 4 is 0 Å². The molecule has 0 spiro atoms. The molecule has 2 rings (SSSR count). The Kier molecular flexibility index (Phi) is 1.28. The predicted molar refractivity (Wildman–Crippen MR) is 48.3 cm³/mol. The summed E-state index contributed by atoms with van der Waals surface area (Å²) in [6.45, 7) is 11.2. The number of hydrogen-bond acceptors (Lipinski definition) is 0. The summed E-state index contributed by atoms with van der Waals surface area (Å²) in [6.07, 6.45) is 2.79. The van der Waals surface area contributed by atoms with E-state index in [1.165, 1.54) is 18.4 Å². The molecule has 2 fully saturated rings. The maximum absolute atomic E-state index is 4.14. The maximum atomic E-state index is 4.14. The van der Waals surface area contributed by atoms with Crippen molar-refractivity contribution in [2.24, 2.45) is 23.2 Å². The van der Waals surface area contributed by atoms with Gasteiger partial charge in [-0.2, -0.15) is 0 Å². The monoisotopic (exact) mass is 150 g/mol. The van der Waals surface area contributed by atoms with E-state index >= 15 is 0 Å². The molecule has 62 valence electrons. The molecule has 2 aliphatic carbocycles. The first-order valence-corrected chi connectivity index (χ1v) is 4.75. The first kappa shape index (κ1) is 7.39. The van der Waals surface area contributed by atoms with Crippen LogP contribution in [0.4, 0.5) is 0 Å². The lowest BCUT2D eigenvalue weighted by molar-refractivity contribution is 0.347. The Morgan fingerprint density at radius 3 is 2.45 bits per heavy atom. The number of rotatable bonds is 1. The topological polar surface area (TPSA) is 0 Å². The van der Waals surface area contributed by atoms with Gasteiger partial charge in [-0.05, 0) is 36.0 Å². The SMILES string of the molecule is C=C1C[C@]2(C(C)C)C[C@@H]2[C@@H]1C. The summed E-state index contributed by atoms with van der Waals surface area (Å²) in [5, 5.41) is 0. The zero-order valence-corrected chi connectivity index (χ0v) is 7.85. The Hall–Kier alpha value is -0.260. The fraction of sp³-hybridized carbons (Fsp3) is 0.818. The van der Waals surface area contributed by atoms with Crippen LogP contribution >= 0.6 is 0 Å². The van der Waals surface area contributed by atoms with E-state index in [1.807, 2.05) is 0 Å². The lowest BCUT2D eigenvalue weighted by Crippen LogP contribution is -2.07. The molecular formula is C11H18. The van der Waals surface area contributed by atoms with Crippen molar-refractivity contribution in [1.82, 2.24) is 0 Å². The van der Waals surface area contributed by atoms with Crippen LogP contribution in [0.15, 0.2) is 12.2 Å². The van der Waals surface area contributed by atoms with E-state index in [1.54, 1.807) is 0 Å². The Morgan fingerprint density at radius 1 is 1.55 bits per heavy atom. The second-order valence-electron chi connectivity index (χ2n) is 4.82. The fourth-order valence-corrected chi connectivity index (χ4v) is 2.96. The molecule has 0 bridgehead atoms. The molecular weight excluding hydrogens is 132 g/mol. The molecule has 0 heteroatoms. The van der Waals surface area contributed by atoms with Gasteiger partial charge in [0.25, 0.3) is 0 Å². The molecule has 2 saturated carbocycles. The molecule has 0 nitrogen and oxygen atoms in total.